The zero-order valence-corrected chi connectivity index (χ0v) is 24.0. The van der Waals surface area contributed by atoms with Crippen molar-refractivity contribution >= 4 is 55.1 Å². The highest BCUT2D eigenvalue weighted by Crippen LogP contribution is 2.27. The molecule has 0 saturated heterocycles. The number of hydrogen-bond donors (Lipinski definition) is 1. The largest absolute Gasteiger partial charge is 0.355 e. The number of carbonyl (C=O) groups excluding carboxylic acids is 2. The topological polar surface area (TPSA) is 86.8 Å². The van der Waals surface area contributed by atoms with E-state index in [-0.39, 0.29) is 17.3 Å². The van der Waals surface area contributed by atoms with Crippen molar-refractivity contribution < 1.29 is 18.0 Å². The fraction of sp³-hybridized carbons (Fsp3) is 0.259. The number of aryl methyl sites for hydroxylation is 1. The van der Waals surface area contributed by atoms with E-state index in [0.717, 1.165) is 14.3 Å². The van der Waals surface area contributed by atoms with Gasteiger partial charge in [-0.25, -0.2) is 8.42 Å². The highest BCUT2D eigenvalue weighted by atomic mass is 79.9. The van der Waals surface area contributed by atoms with E-state index in [0.29, 0.717) is 22.8 Å². The number of nitrogens with one attached hydrogen (secondary N) is 1. The number of benzene rings is 3. The molecule has 1 atom stereocenters. The number of anilines is 1. The van der Waals surface area contributed by atoms with Gasteiger partial charge in [0.2, 0.25) is 11.8 Å². The van der Waals surface area contributed by atoms with Gasteiger partial charge in [-0.3, -0.25) is 13.9 Å². The second-order valence-corrected chi connectivity index (χ2v) is 11.7. The van der Waals surface area contributed by atoms with Crippen LogP contribution in [0.25, 0.3) is 0 Å². The standard InChI is InChI=1S/C27H29BrClN3O4S/c1-4-30-27(34)20(3)31(17-21-7-5-6-8-25(21)29)26(33)18-32(23-13-11-22(28)12-14-23)37(35,36)24-15-9-19(2)10-16-24/h5-16,20H,4,17-18H2,1-3H3,(H,30,34)/t20-/m1/s1. The molecular weight excluding hydrogens is 578 g/mol. The maximum atomic E-state index is 13.8. The van der Waals surface area contributed by atoms with Gasteiger partial charge in [0, 0.05) is 22.6 Å². The van der Waals surface area contributed by atoms with Gasteiger partial charge >= 0.3 is 0 Å². The van der Waals surface area contributed by atoms with E-state index in [9.17, 15) is 18.0 Å². The van der Waals surface area contributed by atoms with E-state index < -0.39 is 28.5 Å². The van der Waals surface area contributed by atoms with Crippen LogP contribution in [0.3, 0.4) is 0 Å². The van der Waals surface area contributed by atoms with Crippen molar-refractivity contribution in [3.63, 3.8) is 0 Å². The molecule has 0 aliphatic heterocycles. The van der Waals surface area contributed by atoms with E-state index in [1.165, 1.54) is 17.0 Å². The molecule has 0 aliphatic rings. The summed E-state index contributed by atoms with van der Waals surface area (Å²) in [6.45, 7) is 5.18. The van der Waals surface area contributed by atoms with Gasteiger partial charge < -0.3 is 10.2 Å². The molecule has 7 nitrogen and oxygen atoms in total. The SMILES string of the molecule is CCNC(=O)[C@@H](C)N(Cc1ccccc1Cl)C(=O)CN(c1ccc(Br)cc1)S(=O)(=O)c1ccc(C)cc1. The van der Waals surface area contributed by atoms with Crippen LogP contribution in [0.4, 0.5) is 5.69 Å². The van der Waals surface area contributed by atoms with E-state index in [1.54, 1.807) is 74.5 Å². The Balaban J connectivity index is 2.03. The normalized spacial score (nSPS) is 12.0. The van der Waals surface area contributed by atoms with Crippen molar-refractivity contribution in [1.82, 2.24) is 10.2 Å². The Hall–Kier alpha value is -2.88. The molecule has 10 heteroatoms. The molecule has 37 heavy (non-hydrogen) atoms. The monoisotopic (exact) mass is 605 g/mol. The number of amides is 2. The molecule has 3 rings (SSSR count). The van der Waals surface area contributed by atoms with E-state index in [2.05, 4.69) is 21.2 Å². The average molecular weight is 607 g/mol. The minimum atomic E-state index is -4.11. The molecule has 196 valence electrons. The third kappa shape index (κ3) is 7.12. The van der Waals surface area contributed by atoms with E-state index >= 15 is 0 Å². The predicted octanol–water partition coefficient (Wildman–Crippen LogP) is 5.16. The zero-order chi connectivity index (χ0) is 27.2. The summed E-state index contributed by atoms with van der Waals surface area (Å²) in [5.41, 5.74) is 1.87. The number of nitrogens with zero attached hydrogens (tertiary/aromatic N) is 2. The third-order valence-electron chi connectivity index (χ3n) is 5.82. The van der Waals surface area contributed by atoms with Gasteiger partial charge in [-0.15, -0.1) is 0 Å². The Morgan fingerprint density at radius 2 is 1.62 bits per heavy atom. The summed E-state index contributed by atoms with van der Waals surface area (Å²) in [5, 5.41) is 3.18. The van der Waals surface area contributed by atoms with Crippen LogP contribution in [0.1, 0.15) is 25.0 Å². The highest BCUT2D eigenvalue weighted by molar-refractivity contribution is 9.10. The van der Waals surface area contributed by atoms with Gasteiger partial charge in [-0.05, 0) is 68.8 Å². The van der Waals surface area contributed by atoms with Gasteiger partial charge in [0.15, 0.2) is 0 Å². The molecule has 0 saturated carbocycles. The van der Waals surface area contributed by atoms with Crippen molar-refractivity contribution in [3.8, 4) is 0 Å². The Labute approximate surface area is 231 Å². The van der Waals surface area contributed by atoms with Crippen LogP contribution in [0.15, 0.2) is 82.2 Å². The third-order valence-corrected chi connectivity index (χ3v) is 8.50. The summed E-state index contributed by atoms with van der Waals surface area (Å²) in [4.78, 5) is 27.9. The van der Waals surface area contributed by atoms with E-state index in [1.807, 2.05) is 6.92 Å². The molecule has 2 amide bonds. The van der Waals surface area contributed by atoms with Crippen LogP contribution >= 0.6 is 27.5 Å². The van der Waals surface area contributed by atoms with Crippen LogP contribution in [-0.2, 0) is 26.2 Å². The van der Waals surface area contributed by atoms with Crippen molar-refractivity contribution in [2.75, 3.05) is 17.4 Å². The van der Waals surface area contributed by atoms with Crippen molar-refractivity contribution in [1.29, 1.82) is 0 Å². The number of carbonyl (C=O) groups is 2. The predicted molar refractivity (Wildman–Crippen MR) is 150 cm³/mol. The van der Waals surface area contributed by atoms with Crippen LogP contribution < -0.4 is 9.62 Å². The van der Waals surface area contributed by atoms with Crippen LogP contribution in [0.2, 0.25) is 5.02 Å². The molecule has 0 spiro atoms. The minimum absolute atomic E-state index is 0.0373. The van der Waals surface area contributed by atoms with Crippen molar-refractivity contribution in [2.45, 2.75) is 38.3 Å². The number of rotatable bonds is 10. The quantitative estimate of drug-likeness (QED) is 0.346. The summed E-state index contributed by atoms with van der Waals surface area (Å²) in [6.07, 6.45) is 0. The van der Waals surface area contributed by atoms with Gasteiger partial charge in [-0.2, -0.15) is 0 Å². The summed E-state index contributed by atoms with van der Waals surface area (Å²) >= 11 is 9.72. The van der Waals surface area contributed by atoms with E-state index in [4.69, 9.17) is 11.6 Å². The number of sulfonamides is 1. The lowest BCUT2D eigenvalue weighted by Crippen LogP contribution is -2.51. The fourth-order valence-electron chi connectivity index (χ4n) is 3.69. The van der Waals surface area contributed by atoms with Gasteiger partial charge in [-0.1, -0.05) is 63.4 Å². The second kappa shape index (κ2) is 12.6. The van der Waals surface area contributed by atoms with Crippen molar-refractivity contribution in [3.05, 3.63) is 93.4 Å². The molecule has 0 bridgehead atoms. The first-order valence-corrected chi connectivity index (χ1v) is 14.3. The van der Waals surface area contributed by atoms with Gasteiger partial charge in [0.05, 0.1) is 10.6 Å². The van der Waals surface area contributed by atoms with Crippen LogP contribution in [0, 0.1) is 6.92 Å². The highest BCUT2D eigenvalue weighted by Gasteiger charge is 2.32. The summed E-state index contributed by atoms with van der Waals surface area (Å²) in [5.74, 6) is -0.892. The lowest BCUT2D eigenvalue weighted by molar-refractivity contribution is -0.139. The molecule has 3 aromatic carbocycles. The first kappa shape index (κ1) is 28.7. The Morgan fingerprint density at radius 3 is 2.22 bits per heavy atom. The molecule has 1 N–H and O–H groups in total. The lowest BCUT2D eigenvalue weighted by atomic mass is 10.1. The van der Waals surface area contributed by atoms with Gasteiger partial charge in [0.25, 0.3) is 10.0 Å². The molecular formula is C27H29BrClN3O4S. The number of likely N-dealkylation sites (N-methyl/N-ethyl adjacent to an activating group) is 1. The fourth-order valence-corrected chi connectivity index (χ4v) is 5.56. The Morgan fingerprint density at radius 1 is 1.00 bits per heavy atom. The Kier molecular flexibility index (Phi) is 9.75. The molecule has 3 aromatic rings. The molecule has 0 aromatic heterocycles. The van der Waals surface area contributed by atoms with Crippen LogP contribution in [-0.4, -0.2) is 44.3 Å². The van der Waals surface area contributed by atoms with Crippen molar-refractivity contribution in [2.24, 2.45) is 0 Å². The van der Waals surface area contributed by atoms with Gasteiger partial charge in [0.1, 0.15) is 12.6 Å². The maximum Gasteiger partial charge on any atom is 0.264 e. The second-order valence-electron chi connectivity index (χ2n) is 8.48. The first-order valence-electron chi connectivity index (χ1n) is 11.7. The molecule has 0 heterocycles. The summed E-state index contributed by atoms with van der Waals surface area (Å²) in [7, 11) is -4.11. The zero-order valence-electron chi connectivity index (χ0n) is 20.8. The molecule has 0 aliphatic carbocycles. The number of halogens is 2. The summed E-state index contributed by atoms with van der Waals surface area (Å²) in [6, 6.07) is 19.2. The minimum Gasteiger partial charge on any atom is -0.355 e. The first-order chi connectivity index (χ1) is 17.5. The molecule has 0 radical (unpaired) electrons. The maximum absolute atomic E-state index is 13.8. The molecule has 0 unspecified atom stereocenters. The lowest BCUT2D eigenvalue weighted by Gasteiger charge is -2.32. The average Bonchev–Trinajstić information content (AvgIpc) is 2.87. The molecule has 0 fully saturated rings. The Bertz CT molecular complexity index is 1350. The van der Waals surface area contributed by atoms with Crippen LogP contribution in [0.5, 0.6) is 0 Å². The summed E-state index contributed by atoms with van der Waals surface area (Å²) < 4.78 is 29.3. The number of hydrogen-bond acceptors (Lipinski definition) is 4. The smallest absolute Gasteiger partial charge is 0.264 e.